The molecule has 13 heavy (non-hydrogen) atoms. The summed E-state index contributed by atoms with van der Waals surface area (Å²) in [6.07, 6.45) is 1.86. The minimum atomic E-state index is 0.634. The first-order valence-electron chi connectivity index (χ1n) is 4.27. The quantitative estimate of drug-likeness (QED) is 0.825. The smallest absolute Gasteiger partial charge is 0.183 e. The Morgan fingerprint density at radius 2 is 2.54 bits per heavy atom. The fourth-order valence-corrected chi connectivity index (χ4v) is 2.36. The Morgan fingerprint density at radius 1 is 1.77 bits per heavy atom. The second-order valence-electron chi connectivity index (χ2n) is 3.31. The molecule has 0 aliphatic carbocycles. The molecule has 2 rings (SSSR count). The van der Waals surface area contributed by atoms with Gasteiger partial charge in [-0.15, -0.1) is 11.3 Å². The number of aromatic nitrogens is 1. The Balaban J connectivity index is 1.89. The third-order valence-corrected chi connectivity index (χ3v) is 3.41. The standard InChI is InChI=1S/C8H12ClN3S/c1-12(6-2-10-3-6)5-7-4-11-8(9)13-7/h4,6,10H,2-3,5H2,1H3. The second kappa shape index (κ2) is 3.92. The highest BCUT2D eigenvalue weighted by Gasteiger charge is 2.21. The van der Waals surface area contributed by atoms with Crippen LogP contribution in [0.1, 0.15) is 4.88 Å². The molecule has 72 valence electrons. The first kappa shape index (κ1) is 9.40. The summed E-state index contributed by atoms with van der Waals surface area (Å²) in [4.78, 5) is 7.58. The molecule has 0 bridgehead atoms. The zero-order valence-corrected chi connectivity index (χ0v) is 9.03. The zero-order valence-electron chi connectivity index (χ0n) is 7.46. The summed E-state index contributed by atoms with van der Waals surface area (Å²) < 4.78 is 0.634. The Labute approximate surface area is 86.7 Å². The minimum absolute atomic E-state index is 0.634. The lowest BCUT2D eigenvalue weighted by atomic mass is 10.1. The maximum absolute atomic E-state index is 5.75. The van der Waals surface area contributed by atoms with Gasteiger partial charge in [-0.2, -0.15) is 0 Å². The van der Waals surface area contributed by atoms with Crippen molar-refractivity contribution in [3.05, 3.63) is 15.5 Å². The van der Waals surface area contributed by atoms with Crippen LogP contribution in [-0.4, -0.2) is 36.1 Å². The molecule has 0 saturated carbocycles. The summed E-state index contributed by atoms with van der Waals surface area (Å²) in [5.41, 5.74) is 0. The third kappa shape index (κ3) is 2.20. The van der Waals surface area contributed by atoms with Gasteiger partial charge in [-0.3, -0.25) is 4.90 Å². The Morgan fingerprint density at radius 3 is 3.00 bits per heavy atom. The lowest BCUT2D eigenvalue weighted by Crippen LogP contribution is -2.55. The van der Waals surface area contributed by atoms with Crippen molar-refractivity contribution in [1.29, 1.82) is 0 Å². The summed E-state index contributed by atoms with van der Waals surface area (Å²) in [6.45, 7) is 3.16. The molecule has 3 nitrogen and oxygen atoms in total. The van der Waals surface area contributed by atoms with Gasteiger partial charge in [0, 0.05) is 36.8 Å². The number of hydrogen-bond acceptors (Lipinski definition) is 4. The number of thiazole rings is 1. The van der Waals surface area contributed by atoms with Gasteiger partial charge in [0.2, 0.25) is 0 Å². The molecule has 0 atom stereocenters. The van der Waals surface area contributed by atoms with Gasteiger partial charge in [0.1, 0.15) is 0 Å². The van der Waals surface area contributed by atoms with Crippen molar-refractivity contribution < 1.29 is 0 Å². The van der Waals surface area contributed by atoms with Crippen molar-refractivity contribution in [2.75, 3.05) is 20.1 Å². The van der Waals surface area contributed by atoms with E-state index in [0.29, 0.717) is 10.5 Å². The highest BCUT2D eigenvalue weighted by molar-refractivity contribution is 7.15. The highest BCUT2D eigenvalue weighted by Crippen LogP contribution is 2.19. The average molecular weight is 218 g/mol. The van der Waals surface area contributed by atoms with Crippen molar-refractivity contribution in [3.8, 4) is 0 Å². The molecule has 1 aliphatic heterocycles. The van der Waals surface area contributed by atoms with Crippen LogP contribution in [0.4, 0.5) is 0 Å². The van der Waals surface area contributed by atoms with Gasteiger partial charge in [-0.25, -0.2) is 4.98 Å². The van der Waals surface area contributed by atoms with Gasteiger partial charge in [-0.05, 0) is 7.05 Å². The van der Waals surface area contributed by atoms with Gasteiger partial charge < -0.3 is 5.32 Å². The van der Waals surface area contributed by atoms with E-state index in [-0.39, 0.29) is 0 Å². The normalized spacial score (nSPS) is 17.8. The maximum atomic E-state index is 5.75. The highest BCUT2D eigenvalue weighted by atomic mass is 35.5. The van der Waals surface area contributed by atoms with E-state index in [1.165, 1.54) is 4.88 Å². The molecule has 0 amide bonds. The van der Waals surface area contributed by atoms with E-state index in [4.69, 9.17) is 11.6 Å². The van der Waals surface area contributed by atoms with Crippen LogP contribution in [0.3, 0.4) is 0 Å². The topological polar surface area (TPSA) is 28.2 Å². The minimum Gasteiger partial charge on any atom is -0.314 e. The molecule has 0 radical (unpaired) electrons. The molecule has 1 aromatic heterocycles. The summed E-state index contributed by atoms with van der Waals surface area (Å²) in [6, 6.07) is 0.681. The molecule has 1 saturated heterocycles. The van der Waals surface area contributed by atoms with Crippen molar-refractivity contribution >= 4 is 22.9 Å². The van der Waals surface area contributed by atoms with Gasteiger partial charge in [0.15, 0.2) is 4.47 Å². The number of hydrogen-bond donors (Lipinski definition) is 1. The lowest BCUT2D eigenvalue weighted by molar-refractivity contribution is 0.174. The number of halogens is 1. The molecule has 2 heterocycles. The largest absolute Gasteiger partial charge is 0.314 e. The molecule has 0 unspecified atom stereocenters. The van der Waals surface area contributed by atoms with E-state index in [9.17, 15) is 0 Å². The van der Waals surface area contributed by atoms with E-state index in [1.807, 2.05) is 6.20 Å². The molecular formula is C8H12ClN3S. The summed E-state index contributed by atoms with van der Waals surface area (Å²) >= 11 is 7.31. The van der Waals surface area contributed by atoms with Crippen LogP contribution in [0.25, 0.3) is 0 Å². The van der Waals surface area contributed by atoms with Gasteiger partial charge in [0.25, 0.3) is 0 Å². The molecule has 1 aliphatic rings. The van der Waals surface area contributed by atoms with E-state index >= 15 is 0 Å². The van der Waals surface area contributed by atoms with E-state index in [2.05, 4.69) is 22.2 Å². The Hall–Kier alpha value is -0.160. The average Bonchev–Trinajstić information content (AvgIpc) is 2.31. The predicted molar refractivity (Wildman–Crippen MR) is 55.2 cm³/mol. The third-order valence-electron chi connectivity index (χ3n) is 2.31. The van der Waals surface area contributed by atoms with Crippen LogP contribution >= 0.6 is 22.9 Å². The maximum Gasteiger partial charge on any atom is 0.183 e. The molecule has 0 spiro atoms. The number of rotatable bonds is 3. The second-order valence-corrected chi connectivity index (χ2v) is 5.00. The van der Waals surface area contributed by atoms with Crippen molar-refractivity contribution in [3.63, 3.8) is 0 Å². The van der Waals surface area contributed by atoms with Gasteiger partial charge in [0.05, 0.1) is 0 Å². The zero-order chi connectivity index (χ0) is 9.26. The molecule has 1 N–H and O–H groups in total. The summed E-state index contributed by atoms with van der Waals surface area (Å²) in [7, 11) is 2.14. The number of nitrogens with zero attached hydrogens (tertiary/aromatic N) is 2. The van der Waals surface area contributed by atoms with Crippen molar-refractivity contribution in [2.45, 2.75) is 12.6 Å². The van der Waals surface area contributed by atoms with Crippen LogP contribution in [0.2, 0.25) is 4.47 Å². The van der Waals surface area contributed by atoms with E-state index in [0.717, 1.165) is 19.6 Å². The van der Waals surface area contributed by atoms with Crippen LogP contribution in [0.5, 0.6) is 0 Å². The van der Waals surface area contributed by atoms with Crippen LogP contribution < -0.4 is 5.32 Å². The summed E-state index contributed by atoms with van der Waals surface area (Å²) in [5, 5.41) is 3.25. The monoisotopic (exact) mass is 217 g/mol. The molecule has 0 aromatic carbocycles. The van der Waals surface area contributed by atoms with Crippen LogP contribution in [0.15, 0.2) is 6.20 Å². The first-order valence-corrected chi connectivity index (χ1v) is 5.46. The van der Waals surface area contributed by atoms with E-state index in [1.54, 1.807) is 11.3 Å². The molecule has 5 heteroatoms. The lowest BCUT2D eigenvalue weighted by Gasteiger charge is -2.35. The fourth-order valence-electron chi connectivity index (χ4n) is 1.32. The SMILES string of the molecule is CN(Cc1cnc(Cl)s1)C1CNC1. The van der Waals surface area contributed by atoms with Crippen molar-refractivity contribution in [1.82, 2.24) is 15.2 Å². The summed E-state index contributed by atoms with van der Waals surface area (Å²) in [5.74, 6) is 0. The molecular weight excluding hydrogens is 206 g/mol. The predicted octanol–water partition coefficient (Wildman–Crippen LogP) is 1.20. The first-order chi connectivity index (χ1) is 6.25. The van der Waals surface area contributed by atoms with Crippen LogP contribution in [0, 0.1) is 0 Å². The number of nitrogens with one attached hydrogen (secondary N) is 1. The van der Waals surface area contributed by atoms with E-state index < -0.39 is 0 Å². The number of likely N-dealkylation sites (N-methyl/N-ethyl adjacent to an activating group) is 1. The fraction of sp³-hybridized carbons (Fsp3) is 0.625. The van der Waals surface area contributed by atoms with Gasteiger partial charge >= 0.3 is 0 Å². The Bertz CT molecular complexity index is 285. The van der Waals surface area contributed by atoms with Crippen molar-refractivity contribution in [2.24, 2.45) is 0 Å². The van der Waals surface area contributed by atoms with Crippen LogP contribution in [-0.2, 0) is 6.54 Å². The molecule has 1 fully saturated rings. The molecule has 1 aromatic rings. The Kier molecular flexibility index (Phi) is 2.83. The van der Waals surface area contributed by atoms with Gasteiger partial charge in [-0.1, -0.05) is 11.6 Å².